The van der Waals surface area contributed by atoms with E-state index in [1.807, 2.05) is 6.07 Å². The third kappa shape index (κ3) is 3.01. The van der Waals surface area contributed by atoms with E-state index in [1.165, 1.54) is 18.2 Å². The van der Waals surface area contributed by atoms with Gasteiger partial charge < -0.3 is 10.2 Å². The molecule has 0 aliphatic heterocycles. The van der Waals surface area contributed by atoms with Gasteiger partial charge in [-0.2, -0.15) is 0 Å². The molecular formula is C19H13NO4. The molecular weight excluding hydrogens is 306 g/mol. The summed E-state index contributed by atoms with van der Waals surface area (Å²) in [5, 5.41) is 18.2. The van der Waals surface area contributed by atoms with Crippen molar-refractivity contribution in [3.05, 3.63) is 78.0 Å². The fraction of sp³-hybridized carbons (Fsp3) is 0. The average molecular weight is 319 g/mol. The number of hydrogen-bond donors (Lipinski definition) is 2. The molecule has 0 saturated heterocycles. The fourth-order valence-corrected chi connectivity index (χ4v) is 2.46. The molecule has 118 valence electrons. The summed E-state index contributed by atoms with van der Waals surface area (Å²) in [6.07, 6.45) is 1.64. The quantitative estimate of drug-likeness (QED) is 0.763. The molecule has 5 heteroatoms. The minimum Gasteiger partial charge on any atom is -0.478 e. The van der Waals surface area contributed by atoms with Crippen molar-refractivity contribution in [2.75, 3.05) is 0 Å². The van der Waals surface area contributed by atoms with Gasteiger partial charge >= 0.3 is 11.9 Å². The molecule has 2 N–H and O–H groups in total. The smallest absolute Gasteiger partial charge is 0.335 e. The molecule has 5 nitrogen and oxygen atoms in total. The summed E-state index contributed by atoms with van der Waals surface area (Å²) in [6, 6.07) is 16.7. The first-order valence-corrected chi connectivity index (χ1v) is 7.19. The molecule has 0 bridgehead atoms. The molecule has 0 atom stereocenters. The number of aromatic carboxylic acids is 2. The van der Waals surface area contributed by atoms with E-state index in [9.17, 15) is 14.7 Å². The molecule has 0 aliphatic carbocycles. The van der Waals surface area contributed by atoms with E-state index >= 15 is 0 Å². The van der Waals surface area contributed by atoms with Crippen LogP contribution in [0, 0.1) is 0 Å². The summed E-state index contributed by atoms with van der Waals surface area (Å²) < 4.78 is 0. The molecule has 0 fully saturated rings. The Morgan fingerprint density at radius 1 is 0.750 bits per heavy atom. The largest absolute Gasteiger partial charge is 0.478 e. The van der Waals surface area contributed by atoms with Gasteiger partial charge in [-0.25, -0.2) is 9.59 Å². The van der Waals surface area contributed by atoms with Crippen LogP contribution in [-0.4, -0.2) is 27.1 Å². The molecule has 24 heavy (non-hydrogen) atoms. The monoisotopic (exact) mass is 319 g/mol. The van der Waals surface area contributed by atoms with Crippen LogP contribution in [0.3, 0.4) is 0 Å². The number of pyridine rings is 1. The van der Waals surface area contributed by atoms with Crippen LogP contribution >= 0.6 is 0 Å². The lowest BCUT2D eigenvalue weighted by Gasteiger charge is -2.11. The van der Waals surface area contributed by atoms with Crippen LogP contribution in [0.2, 0.25) is 0 Å². The van der Waals surface area contributed by atoms with Gasteiger partial charge in [-0.3, -0.25) is 4.98 Å². The van der Waals surface area contributed by atoms with E-state index in [0.717, 1.165) is 11.1 Å². The van der Waals surface area contributed by atoms with Crippen molar-refractivity contribution < 1.29 is 19.8 Å². The SMILES string of the molecule is O=C(O)c1ccc(-c2ccc(C(=O)O)cc2-c2ccccn2)cc1. The maximum absolute atomic E-state index is 11.3. The van der Waals surface area contributed by atoms with Gasteiger partial charge in [0.05, 0.1) is 16.8 Å². The Balaban J connectivity index is 2.16. The molecule has 3 rings (SSSR count). The maximum atomic E-state index is 11.3. The predicted octanol–water partition coefficient (Wildman–Crippen LogP) is 3.81. The van der Waals surface area contributed by atoms with E-state index in [4.69, 9.17) is 5.11 Å². The lowest BCUT2D eigenvalue weighted by Crippen LogP contribution is -1.99. The zero-order chi connectivity index (χ0) is 17.1. The third-order valence-electron chi connectivity index (χ3n) is 3.65. The Morgan fingerprint density at radius 3 is 2.00 bits per heavy atom. The molecule has 0 spiro atoms. The van der Waals surface area contributed by atoms with Crippen LogP contribution in [-0.2, 0) is 0 Å². The summed E-state index contributed by atoms with van der Waals surface area (Å²) in [7, 11) is 0. The van der Waals surface area contributed by atoms with E-state index in [1.54, 1.807) is 42.6 Å². The third-order valence-corrected chi connectivity index (χ3v) is 3.65. The predicted molar refractivity (Wildman–Crippen MR) is 89.0 cm³/mol. The van der Waals surface area contributed by atoms with Gasteiger partial charge in [0.15, 0.2) is 0 Å². The second-order valence-corrected chi connectivity index (χ2v) is 5.16. The van der Waals surface area contributed by atoms with Crippen LogP contribution in [0.1, 0.15) is 20.7 Å². The van der Waals surface area contributed by atoms with Gasteiger partial charge in [0, 0.05) is 11.8 Å². The van der Waals surface area contributed by atoms with E-state index in [2.05, 4.69) is 4.98 Å². The van der Waals surface area contributed by atoms with Crippen LogP contribution < -0.4 is 0 Å². The van der Waals surface area contributed by atoms with Crippen molar-refractivity contribution in [3.8, 4) is 22.4 Å². The van der Waals surface area contributed by atoms with Gasteiger partial charge in [-0.15, -0.1) is 0 Å². The molecule has 0 radical (unpaired) electrons. The zero-order valence-electron chi connectivity index (χ0n) is 12.5. The normalized spacial score (nSPS) is 10.3. The molecule has 1 heterocycles. The first-order chi connectivity index (χ1) is 11.6. The van der Waals surface area contributed by atoms with Crippen molar-refractivity contribution in [3.63, 3.8) is 0 Å². The summed E-state index contributed by atoms with van der Waals surface area (Å²) in [6.45, 7) is 0. The summed E-state index contributed by atoms with van der Waals surface area (Å²) in [5.41, 5.74) is 3.27. The van der Waals surface area contributed by atoms with Crippen molar-refractivity contribution in [2.24, 2.45) is 0 Å². The van der Waals surface area contributed by atoms with Gasteiger partial charge in [-0.1, -0.05) is 24.3 Å². The summed E-state index contributed by atoms with van der Waals surface area (Å²) >= 11 is 0. The molecule has 1 aromatic heterocycles. The number of rotatable bonds is 4. The number of aromatic nitrogens is 1. The van der Waals surface area contributed by atoms with Gasteiger partial charge in [-0.05, 0) is 47.5 Å². The number of benzene rings is 2. The Hall–Kier alpha value is -3.47. The highest BCUT2D eigenvalue weighted by molar-refractivity contribution is 5.93. The van der Waals surface area contributed by atoms with E-state index in [-0.39, 0.29) is 11.1 Å². The van der Waals surface area contributed by atoms with Crippen molar-refractivity contribution in [1.29, 1.82) is 0 Å². The van der Waals surface area contributed by atoms with Crippen LogP contribution in [0.5, 0.6) is 0 Å². The Kier molecular flexibility index (Phi) is 4.07. The fourth-order valence-electron chi connectivity index (χ4n) is 2.46. The van der Waals surface area contributed by atoms with Gasteiger partial charge in [0.25, 0.3) is 0 Å². The lowest BCUT2D eigenvalue weighted by atomic mass is 9.94. The lowest BCUT2D eigenvalue weighted by molar-refractivity contribution is 0.0686. The Bertz CT molecular complexity index is 902. The van der Waals surface area contributed by atoms with Crippen molar-refractivity contribution in [1.82, 2.24) is 4.98 Å². The van der Waals surface area contributed by atoms with Crippen LogP contribution in [0.25, 0.3) is 22.4 Å². The van der Waals surface area contributed by atoms with Crippen molar-refractivity contribution >= 4 is 11.9 Å². The van der Waals surface area contributed by atoms with Crippen LogP contribution in [0.15, 0.2) is 66.9 Å². The maximum Gasteiger partial charge on any atom is 0.335 e. The highest BCUT2D eigenvalue weighted by Gasteiger charge is 2.13. The molecule has 0 aliphatic rings. The molecule has 3 aromatic rings. The van der Waals surface area contributed by atoms with Crippen LogP contribution in [0.4, 0.5) is 0 Å². The second-order valence-electron chi connectivity index (χ2n) is 5.16. The zero-order valence-corrected chi connectivity index (χ0v) is 12.5. The van der Waals surface area contributed by atoms with Gasteiger partial charge in [0.1, 0.15) is 0 Å². The van der Waals surface area contributed by atoms with Gasteiger partial charge in [0.2, 0.25) is 0 Å². The van der Waals surface area contributed by atoms with Crippen molar-refractivity contribution in [2.45, 2.75) is 0 Å². The number of nitrogens with zero attached hydrogens (tertiary/aromatic N) is 1. The molecule has 0 amide bonds. The highest BCUT2D eigenvalue weighted by Crippen LogP contribution is 2.32. The molecule has 0 saturated carbocycles. The Labute approximate surface area is 137 Å². The highest BCUT2D eigenvalue weighted by atomic mass is 16.4. The number of carbonyl (C=O) groups is 2. The number of hydrogen-bond acceptors (Lipinski definition) is 3. The first-order valence-electron chi connectivity index (χ1n) is 7.19. The number of carboxylic acids is 2. The average Bonchev–Trinajstić information content (AvgIpc) is 2.62. The molecule has 0 unspecified atom stereocenters. The second kappa shape index (κ2) is 6.34. The summed E-state index contributed by atoms with van der Waals surface area (Å²) in [5.74, 6) is -2.01. The molecule has 2 aromatic carbocycles. The topological polar surface area (TPSA) is 87.5 Å². The van der Waals surface area contributed by atoms with E-state index in [0.29, 0.717) is 11.3 Å². The minimum atomic E-state index is -1.01. The minimum absolute atomic E-state index is 0.168. The standard InChI is InChI=1S/C19H13NO4/c21-18(22)13-6-4-12(5-7-13)15-9-8-14(19(23)24)11-16(15)17-3-1-2-10-20-17/h1-11H,(H,21,22)(H,23,24). The van der Waals surface area contributed by atoms with E-state index < -0.39 is 11.9 Å². The first kappa shape index (κ1) is 15.4. The summed E-state index contributed by atoms with van der Waals surface area (Å²) in [4.78, 5) is 26.5. The Morgan fingerprint density at radius 2 is 1.42 bits per heavy atom. The number of carboxylic acid groups (broad SMARTS) is 2.